The largest absolute Gasteiger partial charge is 0.505 e. The van der Waals surface area contributed by atoms with Crippen molar-refractivity contribution in [2.75, 3.05) is 6.54 Å². The van der Waals surface area contributed by atoms with Crippen LogP contribution in [-0.4, -0.2) is 11.7 Å². The first-order valence-corrected chi connectivity index (χ1v) is 5.32. The fraction of sp³-hybridized carbons (Fsp3) is 0.500. The Labute approximate surface area is 90.1 Å². The first-order chi connectivity index (χ1) is 7.15. The molecule has 1 rings (SSSR count). The van der Waals surface area contributed by atoms with Crippen LogP contribution < -0.4 is 5.32 Å². The van der Waals surface area contributed by atoms with Gasteiger partial charge in [-0.1, -0.05) is 32.4 Å². The summed E-state index contributed by atoms with van der Waals surface area (Å²) >= 11 is 0. The summed E-state index contributed by atoms with van der Waals surface area (Å²) in [7, 11) is 0. The van der Waals surface area contributed by atoms with E-state index in [0.29, 0.717) is 18.0 Å². The molecule has 0 fully saturated rings. The smallest absolute Gasteiger partial charge is 0.165 e. The molecule has 0 heterocycles. The topological polar surface area (TPSA) is 32.3 Å². The summed E-state index contributed by atoms with van der Waals surface area (Å²) in [6.07, 6.45) is 1.11. The van der Waals surface area contributed by atoms with Gasteiger partial charge in [0.2, 0.25) is 0 Å². The van der Waals surface area contributed by atoms with Gasteiger partial charge in [-0.05, 0) is 18.5 Å². The Balaban J connectivity index is 2.47. The summed E-state index contributed by atoms with van der Waals surface area (Å²) in [5.74, 6) is -0.201. The molecule has 15 heavy (non-hydrogen) atoms. The Bertz CT molecular complexity index is 314. The zero-order valence-corrected chi connectivity index (χ0v) is 9.26. The molecule has 0 aliphatic carbocycles. The molecule has 0 aliphatic heterocycles. The lowest BCUT2D eigenvalue weighted by atomic mass is 10.1. The summed E-state index contributed by atoms with van der Waals surface area (Å²) in [4.78, 5) is 0. The van der Waals surface area contributed by atoms with Crippen LogP contribution in [0.25, 0.3) is 0 Å². The molecule has 0 spiro atoms. The Morgan fingerprint density at radius 3 is 2.87 bits per heavy atom. The number of rotatable bonds is 5. The number of hydrogen-bond donors (Lipinski definition) is 2. The van der Waals surface area contributed by atoms with Crippen LogP contribution in [0.5, 0.6) is 5.75 Å². The number of para-hydroxylation sites is 1. The third kappa shape index (κ3) is 3.51. The molecular weight excluding hydrogens is 193 g/mol. The van der Waals surface area contributed by atoms with Crippen molar-refractivity contribution in [2.45, 2.75) is 26.8 Å². The number of phenols is 1. The molecule has 2 nitrogen and oxygen atoms in total. The van der Waals surface area contributed by atoms with Crippen molar-refractivity contribution in [3.8, 4) is 5.75 Å². The lowest BCUT2D eigenvalue weighted by molar-refractivity contribution is 0.420. The van der Waals surface area contributed by atoms with Crippen LogP contribution in [0.1, 0.15) is 25.8 Å². The lowest BCUT2D eigenvalue weighted by Crippen LogP contribution is -2.20. The standard InChI is InChI=1S/C12H18FNO/c1-3-9(2)7-14-8-10-5-4-6-11(13)12(10)15/h4-6,9,14-15H,3,7-8H2,1-2H3. The summed E-state index contributed by atoms with van der Waals surface area (Å²) < 4.78 is 13.0. The Kier molecular flexibility index (Phi) is 4.56. The fourth-order valence-corrected chi connectivity index (χ4v) is 1.30. The molecule has 1 unspecified atom stereocenters. The zero-order valence-electron chi connectivity index (χ0n) is 9.26. The van der Waals surface area contributed by atoms with E-state index in [1.54, 1.807) is 12.1 Å². The van der Waals surface area contributed by atoms with Crippen molar-refractivity contribution in [2.24, 2.45) is 5.92 Å². The maximum atomic E-state index is 13.0. The molecule has 0 aliphatic rings. The minimum absolute atomic E-state index is 0.242. The highest BCUT2D eigenvalue weighted by Crippen LogP contribution is 2.20. The Morgan fingerprint density at radius 1 is 1.47 bits per heavy atom. The molecule has 0 amide bonds. The molecular formula is C12H18FNO. The van der Waals surface area contributed by atoms with Gasteiger partial charge < -0.3 is 10.4 Å². The highest BCUT2D eigenvalue weighted by Gasteiger charge is 2.06. The summed E-state index contributed by atoms with van der Waals surface area (Å²) in [5.41, 5.74) is 0.610. The van der Waals surface area contributed by atoms with Crippen molar-refractivity contribution < 1.29 is 9.50 Å². The fourth-order valence-electron chi connectivity index (χ4n) is 1.30. The van der Waals surface area contributed by atoms with Gasteiger partial charge in [0.25, 0.3) is 0 Å². The molecule has 0 saturated carbocycles. The van der Waals surface area contributed by atoms with E-state index in [1.807, 2.05) is 0 Å². The van der Waals surface area contributed by atoms with Gasteiger partial charge in [-0.2, -0.15) is 0 Å². The third-order valence-electron chi connectivity index (χ3n) is 2.58. The molecule has 2 N–H and O–H groups in total. The maximum Gasteiger partial charge on any atom is 0.165 e. The minimum atomic E-state index is -0.558. The summed E-state index contributed by atoms with van der Waals surface area (Å²) in [6, 6.07) is 4.59. The van der Waals surface area contributed by atoms with E-state index in [-0.39, 0.29) is 5.75 Å². The quantitative estimate of drug-likeness (QED) is 0.784. The first kappa shape index (κ1) is 12.0. The molecule has 0 bridgehead atoms. The van der Waals surface area contributed by atoms with Gasteiger partial charge in [0.05, 0.1) is 0 Å². The van der Waals surface area contributed by atoms with E-state index >= 15 is 0 Å². The van der Waals surface area contributed by atoms with E-state index in [2.05, 4.69) is 19.2 Å². The monoisotopic (exact) mass is 211 g/mol. The van der Waals surface area contributed by atoms with E-state index < -0.39 is 5.82 Å². The van der Waals surface area contributed by atoms with Crippen LogP contribution in [-0.2, 0) is 6.54 Å². The van der Waals surface area contributed by atoms with Gasteiger partial charge in [0.15, 0.2) is 11.6 Å². The summed E-state index contributed by atoms with van der Waals surface area (Å²) in [5, 5.41) is 12.6. The van der Waals surface area contributed by atoms with E-state index in [1.165, 1.54) is 6.07 Å². The van der Waals surface area contributed by atoms with Gasteiger partial charge >= 0.3 is 0 Å². The van der Waals surface area contributed by atoms with Gasteiger partial charge in [-0.15, -0.1) is 0 Å². The maximum absolute atomic E-state index is 13.0. The minimum Gasteiger partial charge on any atom is -0.505 e. The molecule has 1 atom stereocenters. The van der Waals surface area contributed by atoms with Gasteiger partial charge in [-0.25, -0.2) is 4.39 Å². The van der Waals surface area contributed by atoms with Crippen LogP contribution in [0.15, 0.2) is 18.2 Å². The predicted octanol–water partition coefficient (Wildman–Crippen LogP) is 2.67. The van der Waals surface area contributed by atoms with Crippen molar-refractivity contribution in [3.63, 3.8) is 0 Å². The Hall–Kier alpha value is -1.09. The number of aromatic hydroxyl groups is 1. The van der Waals surface area contributed by atoms with Gasteiger partial charge in [-0.3, -0.25) is 0 Å². The number of nitrogens with one attached hydrogen (secondary N) is 1. The average Bonchev–Trinajstić information content (AvgIpc) is 2.24. The van der Waals surface area contributed by atoms with Crippen LogP contribution in [0.2, 0.25) is 0 Å². The van der Waals surface area contributed by atoms with Gasteiger partial charge in [0, 0.05) is 12.1 Å². The van der Waals surface area contributed by atoms with Crippen LogP contribution >= 0.6 is 0 Å². The van der Waals surface area contributed by atoms with Crippen molar-refractivity contribution in [3.05, 3.63) is 29.6 Å². The van der Waals surface area contributed by atoms with Crippen molar-refractivity contribution in [1.29, 1.82) is 0 Å². The zero-order chi connectivity index (χ0) is 11.3. The van der Waals surface area contributed by atoms with E-state index in [9.17, 15) is 9.50 Å². The predicted molar refractivity (Wildman–Crippen MR) is 59.2 cm³/mol. The van der Waals surface area contributed by atoms with Crippen LogP contribution in [0.3, 0.4) is 0 Å². The van der Waals surface area contributed by atoms with Crippen molar-refractivity contribution in [1.82, 2.24) is 5.32 Å². The molecule has 3 heteroatoms. The van der Waals surface area contributed by atoms with Crippen LogP contribution in [0, 0.1) is 11.7 Å². The molecule has 1 aromatic rings. The Morgan fingerprint density at radius 2 is 2.20 bits per heavy atom. The first-order valence-electron chi connectivity index (χ1n) is 5.32. The summed E-state index contributed by atoms with van der Waals surface area (Å²) in [6.45, 7) is 5.67. The molecule has 0 radical (unpaired) electrons. The van der Waals surface area contributed by atoms with E-state index in [4.69, 9.17) is 0 Å². The lowest BCUT2D eigenvalue weighted by Gasteiger charge is -2.11. The molecule has 0 aromatic heterocycles. The second-order valence-corrected chi connectivity index (χ2v) is 3.89. The number of hydrogen-bond acceptors (Lipinski definition) is 2. The molecule has 1 aromatic carbocycles. The number of benzene rings is 1. The molecule has 0 saturated heterocycles. The number of halogens is 1. The van der Waals surface area contributed by atoms with E-state index in [0.717, 1.165) is 13.0 Å². The second kappa shape index (κ2) is 5.71. The van der Waals surface area contributed by atoms with Gasteiger partial charge in [0.1, 0.15) is 0 Å². The average molecular weight is 211 g/mol. The van der Waals surface area contributed by atoms with Crippen molar-refractivity contribution >= 4 is 0 Å². The second-order valence-electron chi connectivity index (χ2n) is 3.89. The highest BCUT2D eigenvalue weighted by molar-refractivity contribution is 5.33. The normalized spacial score (nSPS) is 12.7. The highest BCUT2D eigenvalue weighted by atomic mass is 19.1. The third-order valence-corrected chi connectivity index (χ3v) is 2.58. The molecule has 84 valence electrons. The number of phenolic OH excluding ortho intramolecular Hbond substituents is 1. The van der Waals surface area contributed by atoms with Crippen LogP contribution in [0.4, 0.5) is 4.39 Å². The SMILES string of the molecule is CCC(C)CNCc1cccc(F)c1O.